The Kier molecular flexibility index (Phi) is 47.2. The van der Waals surface area contributed by atoms with Gasteiger partial charge in [-0.3, -0.25) is 9.59 Å². The van der Waals surface area contributed by atoms with Crippen LogP contribution in [-0.4, -0.2) is 46.9 Å². The van der Waals surface area contributed by atoms with Crippen molar-refractivity contribution in [3.8, 4) is 0 Å². The molecule has 0 aromatic rings. The number of nitrogens with one attached hydrogen (secondary N) is 1. The van der Waals surface area contributed by atoms with E-state index in [0.717, 1.165) is 77.0 Å². The van der Waals surface area contributed by atoms with Crippen LogP contribution in [0, 0.1) is 0 Å². The van der Waals surface area contributed by atoms with Crippen molar-refractivity contribution in [3.05, 3.63) is 72.9 Å². The minimum absolute atomic E-state index is 0.0440. The van der Waals surface area contributed by atoms with Gasteiger partial charge in [-0.2, -0.15) is 0 Å². The number of rotatable bonds is 46. The average molecular weight is 866 g/mol. The van der Waals surface area contributed by atoms with Gasteiger partial charge in [0.2, 0.25) is 5.91 Å². The summed E-state index contributed by atoms with van der Waals surface area (Å²) in [5.74, 6) is -0.526. The van der Waals surface area contributed by atoms with Gasteiger partial charge in [0, 0.05) is 6.42 Å². The Hall–Kier alpha value is -2.70. The van der Waals surface area contributed by atoms with Crippen LogP contribution < -0.4 is 5.32 Å². The number of aliphatic hydroxyl groups excluding tert-OH is 2. The van der Waals surface area contributed by atoms with Crippen molar-refractivity contribution >= 4 is 11.9 Å². The Morgan fingerprint density at radius 3 is 1.37 bits per heavy atom. The topological polar surface area (TPSA) is 95.9 Å². The fourth-order valence-electron chi connectivity index (χ4n) is 7.63. The summed E-state index contributed by atoms with van der Waals surface area (Å²) in [4.78, 5) is 26.2. The summed E-state index contributed by atoms with van der Waals surface area (Å²) in [5, 5.41) is 23.7. The lowest BCUT2D eigenvalue weighted by Gasteiger charge is -2.24. The molecule has 6 nitrogen and oxygen atoms in total. The number of amides is 1. The molecule has 0 aliphatic rings. The summed E-state index contributed by atoms with van der Waals surface area (Å²) < 4.78 is 5.92. The first kappa shape index (κ1) is 59.3. The fraction of sp³-hybridized carbons (Fsp3) is 0.750. The van der Waals surface area contributed by atoms with Gasteiger partial charge in [-0.05, 0) is 70.6 Å². The molecule has 0 bridgehead atoms. The summed E-state index contributed by atoms with van der Waals surface area (Å²) >= 11 is 0. The molecule has 3 N–H and O–H groups in total. The molecule has 1 amide bonds. The molecule has 3 atom stereocenters. The molecule has 6 heteroatoms. The Morgan fingerprint density at radius 1 is 0.468 bits per heavy atom. The monoisotopic (exact) mass is 866 g/mol. The van der Waals surface area contributed by atoms with Gasteiger partial charge in [0.25, 0.3) is 0 Å². The molecule has 0 aliphatic carbocycles. The molecule has 0 saturated carbocycles. The molecule has 0 fully saturated rings. The second-order valence-corrected chi connectivity index (χ2v) is 17.7. The smallest absolute Gasteiger partial charge is 0.306 e. The number of carbonyl (C=O) groups is 2. The van der Waals surface area contributed by atoms with Crippen LogP contribution >= 0.6 is 0 Å². The largest absolute Gasteiger partial charge is 0.462 e. The molecule has 0 heterocycles. The van der Waals surface area contributed by atoms with Gasteiger partial charge in [-0.25, -0.2) is 0 Å². The SMILES string of the molecule is CCC/C=C/C=C/C=C/C=C/C=C/CCCCCC(CC(=O)NC(CO)C(O)CCCCCCCCCCCCC)OC(=O)CCCCCCC/C=C/CCCCCCCCC. The molecule has 62 heavy (non-hydrogen) atoms. The van der Waals surface area contributed by atoms with Crippen LogP contribution in [-0.2, 0) is 14.3 Å². The highest BCUT2D eigenvalue weighted by Crippen LogP contribution is 2.17. The first-order valence-electron chi connectivity index (χ1n) is 26.2. The Morgan fingerprint density at radius 2 is 0.871 bits per heavy atom. The van der Waals surface area contributed by atoms with Crippen LogP contribution in [0.2, 0.25) is 0 Å². The number of ether oxygens (including phenoxy) is 1. The molecule has 0 spiro atoms. The molecular formula is C56H99NO5. The van der Waals surface area contributed by atoms with E-state index in [1.807, 2.05) is 36.5 Å². The Balaban J connectivity index is 4.70. The van der Waals surface area contributed by atoms with Crippen LogP contribution in [0.1, 0.15) is 245 Å². The summed E-state index contributed by atoms with van der Waals surface area (Å²) in [7, 11) is 0. The van der Waals surface area contributed by atoms with Crippen LogP contribution in [0.5, 0.6) is 0 Å². The van der Waals surface area contributed by atoms with Crippen molar-refractivity contribution in [1.82, 2.24) is 5.32 Å². The van der Waals surface area contributed by atoms with Gasteiger partial charge in [0.1, 0.15) is 6.10 Å². The van der Waals surface area contributed by atoms with Crippen molar-refractivity contribution in [3.63, 3.8) is 0 Å². The lowest BCUT2D eigenvalue weighted by Crippen LogP contribution is -2.46. The highest BCUT2D eigenvalue weighted by Gasteiger charge is 2.24. The van der Waals surface area contributed by atoms with E-state index in [4.69, 9.17) is 4.74 Å². The Bertz CT molecular complexity index is 1150. The van der Waals surface area contributed by atoms with E-state index in [1.54, 1.807) is 0 Å². The molecule has 0 aliphatic heterocycles. The molecule has 0 rings (SSSR count). The third-order valence-electron chi connectivity index (χ3n) is 11.6. The van der Waals surface area contributed by atoms with Gasteiger partial charge in [0.15, 0.2) is 0 Å². The lowest BCUT2D eigenvalue weighted by molar-refractivity contribution is -0.151. The fourth-order valence-corrected chi connectivity index (χ4v) is 7.63. The number of allylic oxidation sites excluding steroid dienone is 12. The first-order chi connectivity index (χ1) is 30.5. The van der Waals surface area contributed by atoms with Crippen molar-refractivity contribution in [2.24, 2.45) is 0 Å². The average Bonchev–Trinajstić information content (AvgIpc) is 3.26. The number of unbranched alkanes of at least 4 members (excludes halogenated alkanes) is 26. The second kappa shape index (κ2) is 49.3. The van der Waals surface area contributed by atoms with E-state index in [2.05, 4.69) is 62.5 Å². The van der Waals surface area contributed by atoms with Crippen LogP contribution in [0.15, 0.2) is 72.9 Å². The van der Waals surface area contributed by atoms with Gasteiger partial charge >= 0.3 is 5.97 Å². The maximum Gasteiger partial charge on any atom is 0.306 e. The van der Waals surface area contributed by atoms with Gasteiger partial charge in [-0.1, -0.05) is 235 Å². The number of hydrogen-bond donors (Lipinski definition) is 3. The van der Waals surface area contributed by atoms with Crippen molar-refractivity contribution in [1.29, 1.82) is 0 Å². The zero-order valence-corrected chi connectivity index (χ0v) is 40.7. The summed E-state index contributed by atoms with van der Waals surface area (Å²) in [6.07, 6.45) is 62.4. The predicted molar refractivity (Wildman–Crippen MR) is 268 cm³/mol. The minimum Gasteiger partial charge on any atom is -0.462 e. The summed E-state index contributed by atoms with van der Waals surface area (Å²) in [6.45, 7) is 6.37. The maximum atomic E-state index is 13.2. The number of carbonyl (C=O) groups excluding carboxylic acids is 2. The highest BCUT2D eigenvalue weighted by molar-refractivity contribution is 5.77. The minimum atomic E-state index is -0.803. The van der Waals surface area contributed by atoms with E-state index in [-0.39, 0.29) is 24.9 Å². The third-order valence-corrected chi connectivity index (χ3v) is 11.6. The Labute approximate surface area is 383 Å². The summed E-state index contributed by atoms with van der Waals surface area (Å²) in [5.41, 5.74) is 0. The van der Waals surface area contributed by atoms with Gasteiger partial charge in [0.05, 0.1) is 25.2 Å². The second-order valence-electron chi connectivity index (χ2n) is 17.7. The lowest BCUT2D eigenvalue weighted by atomic mass is 10.0. The molecular weight excluding hydrogens is 767 g/mol. The zero-order valence-electron chi connectivity index (χ0n) is 40.7. The first-order valence-corrected chi connectivity index (χ1v) is 26.2. The number of esters is 1. The normalized spacial score (nSPS) is 13.8. The van der Waals surface area contributed by atoms with Crippen molar-refractivity contribution in [2.75, 3.05) is 6.61 Å². The molecule has 3 unspecified atom stereocenters. The zero-order chi connectivity index (χ0) is 45.2. The maximum absolute atomic E-state index is 13.2. The predicted octanol–water partition coefficient (Wildman–Crippen LogP) is 15.8. The molecule has 0 aromatic carbocycles. The van der Waals surface area contributed by atoms with E-state index in [1.165, 1.54) is 122 Å². The summed E-state index contributed by atoms with van der Waals surface area (Å²) in [6, 6.07) is -0.719. The van der Waals surface area contributed by atoms with Gasteiger partial charge in [-0.15, -0.1) is 0 Å². The van der Waals surface area contributed by atoms with Crippen LogP contribution in [0.25, 0.3) is 0 Å². The van der Waals surface area contributed by atoms with Crippen LogP contribution in [0.3, 0.4) is 0 Å². The van der Waals surface area contributed by atoms with Crippen molar-refractivity contribution in [2.45, 2.75) is 264 Å². The van der Waals surface area contributed by atoms with E-state index in [0.29, 0.717) is 19.3 Å². The van der Waals surface area contributed by atoms with E-state index < -0.39 is 18.2 Å². The molecule has 358 valence electrons. The van der Waals surface area contributed by atoms with E-state index in [9.17, 15) is 19.8 Å². The van der Waals surface area contributed by atoms with Crippen LogP contribution in [0.4, 0.5) is 0 Å². The van der Waals surface area contributed by atoms with Gasteiger partial charge < -0.3 is 20.3 Å². The highest BCUT2D eigenvalue weighted by atomic mass is 16.5. The third kappa shape index (κ3) is 43.9. The molecule has 0 radical (unpaired) electrons. The number of aliphatic hydroxyl groups is 2. The van der Waals surface area contributed by atoms with E-state index >= 15 is 0 Å². The quantitative estimate of drug-likeness (QED) is 0.0245. The van der Waals surface area contributed by atoms with Crippen molar-refractivity contribution < 1.29 is 24.5 Å². The molecule has 0 saturated heterocycles. The standard InChI is InChI=1S/C56H99NO5/c1-4-7-10-13-16-19-22-24-26-28-30-33-35-38-41-44-47-52(62-56(61)49-46-43-40-37-34-31-29-27-25-23-20-17-14-11-8-5-2)50-55(60)57-53(51-58)54(59)48-45-42-39-36-32-21-18-15-12-9-6-3/h10,13,16,19,22,24,26-30,33,52-54,58-59H,4-9,11-12,14-15,17-18,20-21,23,25,31-32,34-51H2,1-3H3,(H,57,60)/b13-10+,19-16+,24-22+,28-26+,29-27+,33-30+. The molecule has 0 aromatic heterocycles. The number of hydrogen-bond acceptors (Lipinski definition) is 5.